The lowest BCUT2D eigenvalue weighted by Crippen LogP contribution is -2.41. The van der Waals surface area contributed by atoms with E-state index in [2.05, 4.69) is 5.10 Å². The Bertz CT molecular complexity index is 1120. The number of para-hydroxylation sites is 1. The van der Waals surface area contributed by atoms with E-state index in [1.807, 2.05) is 43.3 Å². The molecule has 4 rings (SSSR count). The van der Waals surface area contributed by atoms with E-state index in [0.717, 1.165) is 16.8 Å². The van der Waals surface area contributed by atoms with Gasteiger partial charge < -0.3 is 4.90 Å². The van der Waals surface area contributed by atoms with Crippen LogP contribution in [0.2, 0.25) is 0 Å². The summed E-state index contributed by atoms with van der Waals surface area (Å²) in [5, 5.41) is 4.45. The van der Waals surface area contributed by atoms with Crippen LogP contribution in [-0.2, 0) is 11.2 Å². The summed E-state index contributed by atoms with van der Waals surface area (Å²) >= 11 is 0. The second-order valence-electron chi connectivity index (χ2n) is 7.44. The molecule has 0 saturated carbocycles. The predicted molar refractivity (Wildman–Crippen MR) is 109 cm³/mol. The Balaban J connectivity index is 1.72. The van der Waals surface area contributed by atoms with Gasteiger partial charge in [0.05, 0.1) is 28.3 Å². The number of fused-ring (bicyclic) bond motifs is 1. The van der Waals surface area contributed by atoms with Crippen molar-refractivity contribution in [2.24, 2.45) is 0 Å². The number of amides is 1. The largest absolute Gasteiger partial charge is 0.302 e. The van der Waals surface area contributed by atoms with Crippen LogP contribution in [0.5, 0.6) is 0 Å². The van der Waals surface area contributed by atoms with Crippen molar-refractivity contribution in [3.63, 3.8) is 0 Å². The second-order valence-corrected chi connectivity index (χ2v) is 7.44. The van der Waals surface area contributed by atoms with Crippen LogP contribution in [0.25, 0.3) is 5.69 Å². The minimum absolute atomic E-state index is 0.228. The summed E-state index contributed by atoms with van der Waals surface area (Å²) in [7, 11) is 0. The third-order valence-electron chi connectivity index (χ3n) is 5.34. The first-order chi connectivity index (χ1) is 13.9. The molecule has 148 valence electrons. The first kappa shape index (κ1) is 19.1. The molecule has 5 nitrogen and oxygen atoms in total. The van der Waals surface area contributed by atoms with Gasteiger partial charge in [0.25, 0.3) is 11.7 Å². The molecule has 0 atom stereocenters. The molecule has 0 unspecified atom stereocenters. The normalized spacial score (nSPS) is 13.3. The number of carbonyl (C=O) groups is 2. The smallest absolute Gasteiger partial charge is 0.299 e. The monoisotopic (exact) mass is 391 g/mol. The highest BCUT2D eigenvalue weighted by Crippen LogP contribution is 2.32. The van der Waals surface area contributed by atoms with Gasteiger partial charge in [-0.15, -0.1) is 0 Å². The van der Waals surface area contributed by atoms with Crippen molar-refractivity contribution in [3.8, 4) is 5.69 Å². The lowest BCUT2D eigenvalue weighted by Gasteiger charge is -2.29. The third-order valence-corrected chi connectivity index (χ3v) is 5.34. The first-order valence-electron chi connectivity index (χ1n) is 9.65. The molecule has 29 heavy (non-hydrogen) atoms. The number of Topliss-reactive ketones (excluding diaryl/α,β-unsaturated/α-hetero) is 1. The molecular weight excluding hydrogens is 369 g/mol. The number of aryl methyl sites for hydroxylation is 3. The number of ketones is 1. The Labute approximate surface area is 168 Å². The molecule has 0 saturated heterocycles. The van der Waals surface area contributed by atoms with Gasteiger partial charge in [-0.25, -0.2) is 9.07 Å². The van der Waals surface area contributed by atoms with Gasteiger partial charge in [-0.3, -0.25) is 9.59 Å². The summed E-state index contributed by atoms with van der Waals surface area (Å²) in [6, 6.07) is 12.7. The molecule has 0 N–H and O–H groups in total. The fourth-order valence-corrected chi connectivity index (χ4v) is 4.06. The zero-order chi connectivity index (χ0) is 20.7. The molecule has 6 heteroatoms. The predicted octanol–water partition coefficient (Wildman–Crippen LogP) is 4.10. The summed E-state index contributed by atoms with van der Waals surface area (Å²) in [5.74, 6) is -1.84. The SMILES string of the molecule is Cc1cc(F)c2c(c1)CCCN2C(=O)C(=O)c1c(C)nn(-c2ccccc2)c1C. The molecule has 0 spiro atoms. The van der Waals surface area contributed by atoms with E-state index in [1.54, 1.807) is 18.5 Å². The van der Waals surface area contributed by atoms with Crippen LogP contribution in [0, 0.1) is 26.6 Å². The minimum atomic E-state index is -0.715. The van der Waals surface area contributed by atoms with Crippen LogP contribution in [0.1, 0.15) is 39.3 Å². The molecular formula is C23H22FN3O2. The van der Waals surface area contributed by atoms with Crippen molar-refractivity contribution in [3.05, 3.63) is 76.4 Å². The first-order valence-corrected chi connectivity index (χ1v) is 9.65. The maximum Gasteiger partial charge on any atom is 0.299 e. The molecule has 0 bridgehead atoms. The molecule has 3 aromatic rings. The quantitative estimate of drug-likeness (QED) is 0.499. The fraction of sp³-hybridized carbons (Fsp3) is 0.261. The van der Waals surface area contributed by atoms with Crippen molar-refractivity contribution in [2.45, 2.75) is 33.6 Å². The van der Waals surface area contributed by atoms with E-state index in [4.69, 9.17) is 0 Å². The van der Waals surface area contributed by atoms with E-state index >= 15 is 0 Å². The molecule has 0 radical (unpaired) electrons. The Morgan fingerprint density at radius 2 is 1.79 bits per heavy atom. The molecule has 0 aliphatic carbocycles. The maximum atomic E-state index is 14.7. The van der Waals surface area contributed by atoms with Gasteiger partial charge in [-0.2, -0.15) is 5.10 Å². The van der Waals surface area contributed by atoms with Crippen LogP contribution in [-0.4, -0.2) is 28.0 Å². The molecule has 1 aromatic heterocycles. The number of rotatable bonds is 3. The van der Waals surface area contributed by atoms with Gasteiger partial charge in [-0.05, 0) is 62.9 Å². The standard InChI is InChI=1S/C23H22FN3O2/c1-14-12-17-8-7-11-26(21(17)19(24)13-14)23(29)22(28)20-15(2)25-27(16(20)3)18-9-5-4-6-10-18/h4-6,9-10,12-13H,7-8,11H2,1-3H3. The fourth-order valence-electron chi connectivity index (χ4n) is 4.06. The van der Waals surface area contributed by atoms with E-state index in [9.17, 15) is 14.0 Å². The van der Waals surface area contributed by atoms with E-state index in [1.165, 1.54) is 11.0 Å². The molecule has 1 amide bonds. The maximum absolute atomic E-state index is 14.7. The highest BCUT2D eigenvalue weighted by Gasteiger charge is 2.33. The zero-order valence-corrected chi connectivity index (χ0v) is 16.7. The van der Waals surface area contributed by atoms with Crippen molar-refractivity contribution < 1.29 is 14.0 Å². The van der Waals surface area contributed by atoms with Gasteiger partial charge in [0.15, 0.2) is 0 Å². The van der Waals surface area contributed by atoms with Crippen LogP contribution in [0.3, 0.4) is 0 Å². The lowest BCUT2D eigenvalue weighted by molar-refractivity contribution is -0.114. The van der Waals surface area contributed by atoms with Gasteiger partial charge in [0.2, 0.25) is 0 Å². The number of hydrogen-bond donors (Lipinski definition) is 0. The molecule has 2 aromatic carbocycles. The van der Waals surface area contributed by atoms with Gasteiger partial charge in [-0.1, -0.05) is 24.3 Å². The highest BCUT2D eigenvalue weighted by molar-refractivity contribution is 6.47. The Hall–Kier alpha value is -3.28. The van der Waals surface area contributed by atoms with Crippen molar-refractivity contribution in [1.29, 1.82) is 0 Å². The number of benzene rings is 2. The Kier molecular flexibility index (Phi) is 4.78. The topological polar surface area (TPSA) is 55.2 Å². The number of aromatic nitrogens is 2. The average molecular weight is 391 g/mol. The minimum Gasteiger partial charge on any atom is -0.302 e. The van der Waals surface area contributed by atoms with Gasteiger partial charge >= 0.3 is 0 Å². The van der Waals surface area contributed by atoms with Gasteiger partial charge in [0, 0.05) is 6.54 Å². The van der Waals surface area contributed by atoms with E-state index < -0.39 is 17.5 Å². The average Bonchev–Trinajstić information content (AvgIpc) is 3.01. The third kappa shape index (κ3) is 3.24. The number of nitrogens with zero attached hydrogens (tertiary/aromatic N) is 3. The number of carbonyl (C=O) groups excluding carboxylic acids is 2. The van der Waals surface area contributed by atoms with Crippen LogP contribution >= 0.6 is 0 Å². The highest BCUT2D eigenvalue weighted by atomic mass is 19.1. The van der Waals surface area contributed by atoms with Gasteiger partial charge in [0.1, 0.15) is 5.82 Å². The number of halogens is 1. The molecule has 0 fully saturated rings. The second kappa shape index (κ2) is 7.28. The number of hydrogen-bond acceptors (Lipinski definition) is 3. The van der Waals surface area contributed by atoms with E-state index in [-0.39, 0.29) is 11.3 Å². The summed E-state index contributed by atoms with van der Waals surface area (Å²) in [6.07, 6.45) is 1.38. The molecule has 1 aliphatic heterocycles. The van der Waals surface area contributed by atoms with Crippen LogP contribution < -0.4 is 4.90 Å². The van der Waals surface area contributed by atoms with Crippen molar-refractivity contribution in [1.82, 2.24) is 9.78 Å². The van der Waals surface area contributed by atoms with Crippen LogP contribution in [0.4, 0.5) is 10.1 Å². The number of anilines is 1. The Morgan fingerprint density at radius 1 is 1.07 bits per heavy atom. The van der Waals surface area contributed by atoms with Crippen molar-refractivity contribution in [2.75, 3.05) is 11.4 Å². The summed E-state index contributed by atoms with van der Waals surface area (Å²) < 4.78 is 16.3. The summed E-state index contributed by atoms with van der Waals surface area (Å²) in [4.78, 5) is 27.6. The van der Waals surface area contributed by atoms with E-state index in [0.29, 0.717) is 30.8 Å². The van der Waals surface area contributed by atoms with Crippen LogP contribution in [0.15, 0.2) is 42.5 Å². The van der Waals surface area contributed by atoms with Crippen molar-refractivity contribution >= 4 is 17.4 Å². The Morgan fingerprint density at radius 3 is 2.52 bits per heavy atom. The molecule has 1 aliphatic rings. The molecule has 2 heterocycles. The summed E-state index contributed by atoms with van der Waals surface area (Å²) in [6.45, 7) is 5.62. The zero-order valence-electron chi connectivity index (χ0n) is 16.7. The summed E-state index contributed by atoms with van der Waals surface area (Å²) in [5.41, 5.74) is 3.95. The lowest BCUT2D eigenvalue weighted by atomic mass is 9.98.